The van der Waals surface area contributed by atoms with E-state index in [0.29, 0.717) is 6.54 Å². The van der Waals surface area contributed by atoms with Crippen LogP contribution in [0.5, 0.6) is 0 Å². The van der Waals surface area contributed by atoms with Gasteiger partial charge in [0.1, 0.15) is 6.04 Å². The van der Waals surface area contributed by atoms with Crippen LogP contribution in [0, 0.1) is 0 Å². The molecule has 1 heterocycles. The number of benzene rings is 1. The molecule has 1 unspecified atom stereocenters. The standard InChI is InChI=1S/C15H15BrF3N3O/c1-10(22-8-7-13(20-22)15(17,18)19)14(23)21(2)9-11-3-5-12(16)6-4-11/h3-8,10H,9H2,1-2H3. The molecule has 0 spiro atoms. The van der Waals surface area contributed by atoms with E-state index in [4.69, 9.17) is 0 Å². The van der Waals surface area contributed by atoms with Crippen LogP contribution in [-0.4, -0.2) is 27.6 Å². The Labute approximate surface area is 140 Å². The number of rotatable bonds is 4. The van der Waals surface area contributed by atoms with Crippen molar-refractivity contribution in [2.45, 2.75) is 25.7 Å². The van der Waals surface area contributed by atoms with Gasteiger partial charge in [0.05, 0.1) is 0 Å². The van der Waals surface area contributed by atoms with Gasteiger partial charge in [0.25, 0.3) is 0 Å². The first-order valence-corrected chi connectivity index (χ1v) is 7.59. The van der Waals surface area contributed by atoms with Gasteiger partial charge in [0, 0.05) is 24.3 Å². The van der Waals surface area contributed by atoms with Crippen LogP contribution in [0.4, 0.5) is 13.2 Å². The van der Waals surface area contributed by atoms with Gasteiger partial charge in [-0.25, -0.2) is 0 Å². The van der Waals surface area contributed by atoms with Crippen molar-refractivity contribution in [2.24, 2.45) is 0 Å². The molecular formula is C15H15BrF3N3O. The predicted molar refractivity (Wildman–Crippen MR) is 82.6 cm³/mol. The molecule has 0 aliphatic heterocycles. The first-order valence-electron chi connectivity index (χ1n) is 6.80. The van der Waals surface area contributed by atoms with Gasteiger partial charge >= 0.3 is 6.18 Å². The molecule has 0 N–H and O–H groups in total. The van der Waals surface area contributed by atoms with E-state index in [9.17, 15) is 18.0 Å². The van der Waals surface area contributed by atoms with Gasteiger partial charge in [-0.2, -0.15) is 18.3 Å². The molecule has 0 fully saturated rings. The van der Waals surface area contributed by atoms with E-state index >= 15 is 0 Å². The summed E-state index contributed by atoms with van der Waals surface area (Å²) >= 11 is 3.33. The van der Waals surface area contributed by atoms with Crippen LogP contribution >= 0.6 is 15.9 Å². The van der Waals surface area contributed by atoms with Crippen LogP contribution in [0.25, 0.3) is 0 Å². The second-order valence-corrected chi connectivity index (χ2v) is 6.09. The molecule has 4 nitrogen and oxygen atoms in total. The number of carbonyl (C=O) groups is 1. The van der Waals surface area contributed by atoms with E-state index in [0.717, 1.165) is 20.8 Å². The summed E-state index contributed by atoms with van der Waals surface area (Å²) in [5, 5.41) is 3.44. The summed E-state index contributed by atoms with van der Waals surface area (Å²) in [6.07, 6.45) is -3.35. The summed E-state index contributed by atoms with van der Waals surface area (Å²) in [5.41, 5.74) is -0.0830. The highest BCUT2D eigenvalue weighted by atomic mass is 79.9. The fourth-order valence-corrected chi connectivity index (χ4v) is 2.34. The summed E-state index contributed by atoms with van der Waals surface area (Å²) in [6, 6.07) is 7.51. The van der Waals surface area contributed by atoms with Crippen molar-refractivity contribution in [1.29, 1.82) is 0 Å². The van der Waals surface area contributed by atoms with Gasteiger partial charge in [0.15, 0.2) is 5.69 Å². The molecule has 8 heteroatoms. The molecule has 0 saturated heterocycles. The lowest BCUT2D eigenvalue weighted by Gasteiger charge is -2.22. The van der Waals surface area contributed by atoms with Crippen LogP contribution in [-0.2, 0) is 17.5 Å². The lowest BCUT2D eigenvalue weighted by Crippen LogP contribution is -2.33. The highest BCUT2D eigenvalue weighted by Gasteiger charge is 2.34. The number of aromatic nitrogens is 2. The summed E-state index contributed by atoms with van der Waals surface area (Å²) in [5.74, 6) is -0.315. The predicted octanol–water partition coefficient (Wildman–Crippen LogP) is 3.88. The van der Waals surface area contributed by atoms with Crippen molar-refractivity contribution >= 4 is 21.8 Å². The second kappa shape index (κ2) is 6.74. The third-order valence-corrected chi connectivity index (χ3v) is 3.89. The summed E-state index contributed by atoms with van der Waals surface area (Å²) in [4.78, 5) is 13.8. The molecule has 1 amide bonds. The third-order valence-electron chi connectivity index (χ3n) is 3.36. The molecule has 1 aromatic heterocycles. The molecule has 1 aromatic carbocycles. The first-order chi connectivity index (χ1) is 10.7. The topological polar surface area (TPSA) is 38.1 Å². The highest BCUT2D eigenvalue weighted by molar-refractivity contribution is 9.10. The number of hydrogen-bond acceptors (Lipinski definition) is 2. The molecule has 0 radical (unpaired) electrons. The van der Waals surface area contributed by atoms with Crippen LogP contribution in [0.3, 0.4) is 0 Å². The summed E-state index contributed by atoms with van der Waals surface area (Å²) < 4.78 is 39.7. The van der Waals surface area contributed by atoms with Gasteiger partial charge in [-0.15, -0.1) is 0 Å². The van der Waals surface area contributed by atoms with Crippen LogP contribution < -0.4 is 0 Å². The minimum absolute atomic E-state index is 0.315. The first kappa shape index (κ1) is 17.5. The van der Waals surface area contributed by atoms with Crippen molar-refractivity contribution in [3.05, 3.63) is 52.3 Å². The zero-order valence-corrected chi connectivity index (χ0v) is 14.1. The molecule has 124 valence electrons. The summed E-state index contributed by atoms with van der Waals surface area (Å²) in [6.45, 7) is 1.89. The lowest BCUT2D eigenvalue weighted by atomic mass is 10.2. The smallest absolute Gasteiger partial charge is 0.340 e. The van der Waals surface area contributed by atoms with Gasteiger partial charge < -0.3 is 4.90 Å². The van der Waals surface area contributed by atoms with Crippen molar-refractivity contribution in [3.63, 3.8) is 0 Å². The Morgan fingerprint density at radius 1 is 1.30 bits per heavy atom. The third kappa shape index (κ3) is 4.34. The Morgan fingerprint density at radius 2 is 1.91 bits per heavy atom. The normalized spacial score (nSPS) is 13.0. The number of alkyl halides is 3. The van der Waals surface area contributed by atoms with E-state index in [-0.39, 0.29) is 5.91 Å². The van der Waals surface area contributed by atoms with Gasteiger partial charge in [-0.3, -0.25) is 9.48 Å². The van der Waals surface area contributed by atoms with Crippen molar-refractivity contribution in [2.75, 3.05) is 7.05 Å². The van der Waals surface area contributed by atoms with Crippen molar-refractivity contribution < 1.29 is 18.0 Å². The van der Waals surface area contributed by atoms with Gasteiger partial charge in [-0.1, -0.05) is 28.1 Å². The molecule has 2 rings (SSSR count). The van der Waals surface area contributed by atoms with Crippen LogP contribution in [0.1, 0.15) is 24.2 Å². The Kier molecular flexibility index (Phi) is 5.13. The number of amides is 1. The number of halogens is 4. The number of carbonyl (C=O) groups excluding carboxylic acids is 1. The lowest BCUT2D eigenvalue weighted by molar-refractivity contribution is -0.142. The largest absolute Gasteiger partial charge is 0.435 e. The van der Waals surface area contributed by atoms with E-state index in [1.165, 1.54) is 18.0 Å². The molecule has 1 atom stereocenters. The quantitative estimate of drug-likeness (QED) is 0.795. The van der Waals surface area contributed by atoms with Crippen molar-refractivity contribution in [1.82, 2.24) is 14.7 Å². The molecule has 0 aliphatic rings. The Balaban J connectivity index is 2.06. The van der Waals surface area contributed by atoms with Crippen LogP contribution in [0.15, 0.2) is 41.0 Å². The number of hydrogen-bond donors (Lipinski definition) is 0. The maximum atomic E-state index is 12.6. The Hall–Kier alpha value is -1.83. The SMILES string of the molecule is CC(C(=O)N(C)Cc1ccc(Br)cc1)n1ccc(C(F)(F)F)n1. The van der Waals surface area contributed by atoms with Gasteiger partial charge in [-0.05, 0) is 30.7 Å². The van der Waals surface area contributed by atoms with Crippen LogP contribution in [0.2, 0.25) is 0 Å². The Bertz CT molecular complexity index is 682. The molecular weight excluding hydrogens is 375 g/mol. The maximum absolute atomic E-state index is 12.6. The zero-order valence-electron chi connectivity index (χ0n) is 12.5. The van der Waals surface area contributed by atoms with E-state index < -0.39 is 17.9 Å². The fourth-order valence-electron chi connectivity index (χ4n) is 2.08. The molecule has 0 aliphatic carbocycles. The minimum Gasteiger partial charge on any atom is -0.340 e. The van der Waals surface area contributed by atoms with E-state index in [2.05, 4.69) is 21.0 Å². The number of nitrogens with zero attached hydrogens (tertiary/aromatic N) is 3. The number of likely N-dealkylation sites (N-methyl/N-ethyl adjacent to an activating group) is 1. The highest BCUT2D eigenvalue weighted by Crippen LogP contribution is 2.28. The average Bonchev–Trinajstić information content (AvgIpc) is 2.98. The van der Waals surface area contributed by atoms with E-state index in [1.807, 2.05) is 24.3 Å². The molecule has 0 saturated carbocycles. The Morgan fingerprint density at radius 3 is 2.43 bits per heavy atom. The van der Waals surface area contributed by atoms with Gasteiger partial charge in [0.2, 0.25) is 5.91 Å². The summed E-state index contributed by atoms with van der Waals surface area (Å²) in [7, 11) is 1.61. The average molecular weight is 390 g/mol. The molecule has 0 bridgehead atoms. The maximum Gasteiger partial charge on any atom is 0.435 e. The zero-order chi connectivity index (χ0) is 17.2. The van der Waals surface area contributed by atoms with E-state index in [1.54, 1.807) is 7.05 Å². The van der Waals surface area contributed by atoms with Crippen molar-refractivity contribution in [3.8, 4) is 0 Å². The fraction of sp³-hybridized carbons (Fsp3) is 0.333. The second-order valence-electron chi connectivity index (χ2n) is 5.18. The minimum atomic E-state index is -4.52. The monoisotopic (exact) mass is 389 g/mol. The molecule has 2 aromatic rings. The molecule has 23 heavy (non-hydrogen) atoms.